The molecule has 1 aliphatic heterocycles. The first-order chi connectivity index (χ1) is 10.7. The average Bonchev–Trinajstić information content (AvgIpc) is 2.75. The first kappa shape index (κ1) is 14.9. The second-order valence-electron chi connectivity index (χ2n) is 5.96. The molecule has 116 valence electrons. The van der Waals surface area contributed by atoms with Crippen LogP contribution in [0.3, 0.4) is 0 Å². The lowest BCUT2D eigenvalue weighted by Crippen LogP contribution is -2.20. The molecule has 22 heavy (non-hydrogen) atoms. The fourth-order valence-electron chi connectivity index (χ4n) is 3.45. The second kappa shape index (κ2) is 6.41. The fraction of sp³-hybridized carbons (Fsp3) is 0.368. The fourth-order valence-corrected chi connectivity index (χ4v) is 3.45. The molecule has 3 N–H and O–H groups in total. The van der Waals surface area contributed by atoms with Gasteiger partial charge in [-0.05, 0) is 42.1 Å². The van der Waals surface area contributed by atoms with Crippen LogP contribution in [0.5, 0.6) is 11.5 Å². The van der Waals surface area contributed by atoms with E-state index < -0.39 is 0 Å². The summed E-state index contributed by atoms with van der Waals surface area (Å²) in [5.74, 6) is 0.278. The first-order valence-electron chi connectivity index (χ1n) is 8.04. The zero-order valence-corrected chi connectivity index (χ0v) is 13.0. The van der Waals surface area contributed by atoms with Crippen LogP contribution in [0.15, 0.2) is 36.4 Å². The Hall–Kier alpha value is -2.00. The molecule has 0 aromatic heterocycles. The van der Waals surface area contributed by atoms with Crippen molar-refractivity contribution >= 4 is 0 Å². The third-order valence-electron chi connectivity index (χ3n) is 4.51. The predicted octanol–water partition coefficient (Wildman–Crippen LogP) is 3.33. The number of hydrogen-bond donors (Lipinski definition) is 3. The van der Waals surface area contributed by atoms with Gasteiger partial charge in [0.1, 0.15) is 0 Å². The molecule has 3 heteroatoms. The van der Waals surface area contributed by atoms with E-state index in [2.05, 4.69) is 24.4 Å². The number of aromatic hydroxyl groups is 2. The molecule has 3 rings (SSSR count). The number of phenolic OH excluding ortho intramolecular Hbond substituents is 2. The molecule has 0 radical (unpaired) electrons. The van der Waals surface area contributed by atoms with Crippen molar-refractivity contribution in [1.29, 1.82) is 0 Å². The van der Waals surface area contributed by atoms with Crippen LogP contribution >= 0.6 is 0 Å². The highest BCUT2D eigenvalue weighted by Crippen LogP contribution is 2.40. The Bertz CT molecular complexity index is 652. The van der Waals surface area contributed by atoms with Crippen LogP contribution < -0.4 is 5.32 Å². The van der Waals surface area contributed by atoms with E-state index in [1.165, 1.54) is 11.1 Å². The summed E-state index contributed by atoms with van der Waals surface area (Å²) in [6, 6.07) is 12.1. The molecule has 1 aliphatic rings. The monoisotopic (exact) mass is 297 g/mol. The van der Waals surface area contributed by atoms with Gasteiger partial charge < -0.3 is 15.5 Å². The van der Waals surface area contributed by atoms with E-state index in [0.717, 1.165) is 43.5 Å². The maximum absolute atomic E-state index is 10.3. The van der Waals surface area contributed by atoms with E-state index in [4.69, 9.17) is 0 Å². The lowest BCUT2D eigenvalue weighted by molar-refractivity contribution is 0.397. The van der Waals surface area contributed by atoms with Gasteiger partial charge in [0.05, 0.1) is 0 Å². The van der Waals surface area contributed by atoms with Crippen LogP contribution in [0.1, 0.15) is 41.5 Å². The van der Waals surface area contributed by atoms with Crippen molar-refractivity contribution in [2.75, 3.05) is 13.1 Å². The van der Waals surface area contributed by atoms with Gasteiger partial charge in [-0.15, -0.1) is 0 Å². The highest BCUT2D eigenvalue weighted by Gasteiger charge is 2.25. The zero-order chi connectivity index (χ0) is 15.5. The molecule has 0 aliphatic carbocycles. The molecule has 0 amide bonds. The number of fused-ring (bicyclic) bond motifs is 1. The molecule has 0 fully saturated rings. The van der Waals surface area contributed by atoms with Gasteiger partial charge in [0, 0.05) is 18.0 Å². The van der Waals surface area contributed by atoms with Crippen LogP contribution in [-0.2, 0) is 12.8 Å². The minimum Gasteiger partial charge on any atom is -0.504 e. The van der Waals surface area contributed by atoms with Gasteiger partial charge in [0.25, 0.3) is 0 Å². The summed E-state index contributed by atoms with van der Waals surface area (Å²) in [5.41, 5.74) is 4.51. The molecular formula is C19H23NO2. The Balaban J connectivity index is 2.16. The van der Waals surface area contributed by atoms with Crippen molar-refractivity contribution in [3.63, 3.8) is 0 Å². The van der Waals surface area contributed by atoms with Crippen molar-refractivity contribution in [3.05, 3.63) is 58.7 Å². The third kappa shape index (κ3) is 2.69. The summed E-state index contributed by atoms with van der Waals surface area (Å²) >= 11 is 0. The predicted molar refractivity (Wildman–Crippen MR) is 88.6 cm³/mol. The zero-order valence-electron chi connectivity index (χ0n) is 13.0. The highest BCUT2D eigenvalue weighted by atomic mass is 16.3. The molecule has 0 saturated carbocycles. The summed E-state index contributed by atoms with van der Waals surface area (Å²) in [6.45, 7) is 3.85. The Labute approximate surface area is 131 Å². The van der Waals surface area contributed by atoms with E-state index in [9.17, 15) is 10.2 Å². The van der Waals surface area contributed by atoms with Gasteiger partial charge in [-0.25, -0.2) is 0 Å². The molecule has 2 aromatic carbocycles. The van der Waals surface area contributed by atoms with Crippen molar-refractivity contribution < 1.29 is 10.2 Å². The van der Waals surface area contributed by atoms with Gasteiger partial charge in [-0.2, -0.15) is 0 Å². The highest BCUT2D eigenvalue weighted by molar-refractivity contribution is 5.56. The van der Waals surface area contributed by atoms with E-state index in [1.54, 1.807) is 6.07 Å². The van der Waals surface area contributed by atoms with E-state index >= 15 is 0 Å². The quantitative estimate of drug-likeness (QED) is 0.762. The number of nitrogens with one attached hydrogen (secondary N) is 1. The maximum atomic E-state index is 10.3. The number of benzene rings is 2. The van der Waals surface area contributed by atoms with Gasteiger partial charge in [0.15, 0.2) is 11.5 Å². The standard InChI is InChI=1S/C19H23NO2/c1-2-6-15-14-9-10-20-12-17(13-7-4-3-5-8-13)16(14)11-18(21)19(15)22/h3-5,7-8,11,17,20-22H,2,6,9-10,12H2,1H3. The Kier molecular flexibility index (Phi) is 4.34. The Morgan fingerprint density at radius 3 is 2.68 bits per heavy atom. The molecule has 0 bridgehead atoms. The van der Waals surface area contributed by atoms with Crippen molar-refractivity contribution in [2.24, 2.45) is 0 Å². The Morgan fingerprint density at radius 1 is 1.18 bits per heavy atom. The number of hydrogen-bond acceptors (Lipinski definition) is 3. The number of phenols is 2. The van der Waals surface area contributed by atoms with Crippen molar-refractivity contribution in [1.82, 2.24) is 5.32 Å². The molecule has 2 aromatic rings. The SMILES string of the molecule is CCCc1c(O)c(O)cc2c1CCNCC2c1ccccc1. The normalized spacial score (nSPS) is 17.8. The van der Waals surface area contributed by atoms with Crippen LogP contribution in [0, 0.1) is 0 Å². The van der Waals surface area contributed by atoms with Gasteiger partial charge in [0.2, 0.25) is 0 Å². The average molecular weight is 297 g/mol. The molecule has 1 atom stereocenters. The summed E-state index contributed by atoms with van der Waals surface area (Å²) < 4.78 is 0. The summed E-state index contributed by atoms with van der Waals surface area (Å²) in [7, 11) is 0. The van der Waals surface area contributed by atoms with Gasteiger partial charge in [-0.1, -0.05) is 43.7 Å². The minimum atomic E-state index is 0.00466. The molecule has 0 saturated heterocycles. The molecular weight excluding hydrogens is 274 g/mol. The summed E-state index contributed by atoms with van der Waals surface area (Å²) in [4.78, 5) is 0. The van der Waals surface area contributed by atoms with Crippen LogP contribution in [-0.4, -0.2) is 23.3 Å². The molecule has 0 spiro atoms. The van der Waals surface area contributed by atoms with Crippen LogP contribution in [0.4, 0.5) is 0 Å². The first-order valence-corrected chi connectivity index (χ1v) is 8.04. The van der Waals surface area contributed by atoms with E-state index in [0.29, 0.717) is 0 Å². The Morgan fingerprint density at radius 2 is 1.95 bits per heavy atom. The topological polar surface area (TPSA) is 52.5 Å². The minimum absolute atomic E-state index is 0.00466. The lowest BCUT2D eigenvalue weighted by atomic mass is 9.84. The maximum Gasteiger partial charge on any atom is 0.160 e. The lowest BCUT2D eigenvalue weighted by Gasteiger charge is -2.21. The largest absolute Gasteiger partial charge is 0.504 e. The van der Waals surface area contributed by atoms with Gasteiger partial charge >= 0.3 is 0 Å². The summed E-state index contributed by atoms with van der Waals surface area (Å²) in [6.07, 6.45) is 2.64. The van der Waals surface area contributed by atoms with Crippen molar-refractivity contribution in [3.8, 4) is 11.5 Å². The van der Waals surface area contributed by atoms with Gasteiger partial charge in [-0.3, -0.25) is 0 Å². The van der Waals surface area contributed by atoms with E-state index in [1.807, 2.05) is 18.2 Å². The summed E-state index contributed by atoms with van der Waals surface area (Å²) in [5, 5.41) is 23.9. The molecule has 1 heterocycles. The van der Waals surface area contributed by atoms with E-state index in [-0.39, 0.29) is 17.4 Å². The molecule has 1 unspecified atom stereocenters. The molecule has 3 nitrogen and oxygen atoms in total. The smallest absolute Gasteiger partial charge is 0.160 e. The second-order valence-corrected chi connectivity index (χ2v) is 5.96. The third-order valence-corrected chi connectivity index (χ3v) is 4.51. The van der Waals surface area contributed by atoms with Crippen LogP contribution in [0.2, 0.25) is 0 Å². The number of rotatable bonds is 3. The van der Waals surface area contributed by atoms with Crippen LogP contribution in [0.25, 0.3) is 0 Å². The van der Waals surface area contributed by atoms with Crippen molar-refractivity contribution in [2.45, 2.75) is 32.1 Å².